The molecule has 3 rings (SSSR count). The molecule has 0 spiro atoms. The number of nitrogens with one attached hydrogen (secondary N) is 1. The number of aryl methyl sites for hydroxylation is 2. The lowest BCUT2D eigenvalue weighted by atomic mass is 9.92. The number of carboxylic acids is 1. The maximum Gasteiger partial charge on any atom is 0.335 e. The summed E-state index contributed by atoms with van der Waals surface area (Å²) in [6.07, 6.45) is 0. The van der Waals surface area contributed by atoms with E-state index in [9.17, 15) is 14.7 Å². The van der Waals surface area contributed by atoms with Gasteiger partial charge in [0.2, 0.25) is 5.91 Å². The highest BCUT2D eigenvalue weighted by Gasteiger charge is 2.16. The summed E-state index contributed by atoms with van der Waals surface area (Å²) in [7, 11) is 0. The van der Waals surface area contributed by atoms with Gasteiger partial charge >= 0.3 is 5.97 Å². The molecule has 29 heavy (non-hydrogen) atoms. The summed E-state index contributed by atoms with van der Waals surface area (Å²) in [4.78, 5) is 23.1. The summed E-state index contributed by atoms with van der Waals surface area (Å²) in [5.74, 6) is -0.491. The number of hydrogen-bond donors (Lipinski definition) is 2. The Balaban J connectivity index is 1.99. The van der Waals surface area contributed by atoms with Crippen molar-refractivity contribution >= 4 is 17.6 Å². The largest absolute Gasteiger partial charge is 0.489 e. The lowest BCUT2D eigenvalue weighted by molar-refractivity contribution is -0.114. The van der Waals surface area contributed by atoms with E-state index in [2.05, 4.69) is 5.32 Å². The quantitative estimate of drug-likeness (QED) is 0.607. The van der Waals surface area contributed by atoms with Crippen LogP contribution in [0.5, 0.6) is 5.75 Å². The van der Waals surface area contributed by atoms with E-state index in [0.717, 1.165) is 28.0 Å². The third-order valence-corrected chi connectivity index (χ3v) is 4.60. The van der Waals surface area contributed by atoms with Gasteiger partial charge in [0, 0.05) is 18.2 Å². The second-order valence-electron chi connectivity index (χ2n) is 6.95. The van der Waals surface area contributed by atoms with Gasteiger partial charge in [-0.3, -0.25) is 4.79 Å². The van der Waals surface area contributed by atoms with Crippen molar-refractivity contribution < 1.29 is 19.4 Å². The highest BCUT2D eigenvalue weighted by atomic mass is 16.5. The SMILES string of the molecule is CC(=O)Nc1ccc(C(=O)O)cc1-c1c(C)cc(OCc2ccccc2)cc1C. The van der Waals surface area contributed by atoms with Crippen LogP contribution < -0.4 is 10.1 Å². The summed E-state index contributed by atoms with van der Waals surface area (Å²) >= 11 is 0. The molecule has 1 amide bonds. The predicted octanol–water partition coefficient (Wildman–Crippen LogP) is 5.21. The number of benzene rings is 3. The first-order valence-electron chi connectivity index (χ1n) is 9.28. The topological polar surface area (TPSA) is 75.6 Å². The van der Waals surface area contributed by atoms with E-state index in [1.807, 2.05) is 56.3 Å². The number of carboxylic acid groups (broad SMARTS) is 1. The Morgan fingerprint density at radius 3 is 2.21 bits per heavy atom. The van der Waals surface area contributed by atoms with E-state index in [1.165, 1.54) is 13.0 Å². The fourth-order valence-corrected chi connectivity index (χ4v) is 3.36. The number of carbonyl (C=O) groups is 2. The van der Waals surface area contributed by atoms with Crippen LogP contribution in [0.25, 0.3) is 11.1 Å². The highest BCUT2D eigenvalue weighted by molar-refractivity contribution is 5.98. The Hall–Kier alpha value is -3.60. The molecule has 148 valence electrons. The van der Waals surface area contributed by atoms with Gasteiger partial charge in [-0.2, -0.15) is 0 Å². The number of anilines is 1. The van der Waals surface area contributed by atoms with Gasteiger partial charge in [0.15, 0.2) is 0 Å². The molecule has 0 radical (unpaired) electrons. The van der Waals surface area contributed by atoms with Gasteiger partial charge in [-0.25, -0.2) is 4.79 Å². The summed E-state index contributed by atoms with van der Waals surface area (Å²) in [5, 5.41) is 12.2. The van der Waals surface area contributed by atoms with Gasteiger partial charge in [0.25, 0.3) is 0 Å². The molecule has 5 heteroatoms. The fraction of sp³-hybridized carbons (Fsp3) is 0.167. The molecular weight excluding hydrogens is 366 g/mol. The Kier molecular flexibility index (Phi) is 5.98. The third-order valence-electron chi connectivity index (χ3n) is 4.60. The summed E-state index contributed by atoms with van der Waals surface area (Å²) in [6, 6.07) is 18.5. The van der Waals surface area contributed by atoms with Crippen molar-refractivity contribution in [2.24, 2.45) is 0 Å². The van der Waals surface area contributed by atoms with Gasteiger partial charge < -0.3 is 15.2 Å². The number of ether oxygens (including phenoxy) is 1. The molecule has 0 aliphatic rings. The van der Waals surface area contributed by atoms with Crippen molar-refractivity contribution in [2.75, 3.05) is 5.32 Å². The van der Waals surface area contributed by atoms with E-state index < -0.39 is 5.97 Å². The Bertz CT molecular complexity index is 1030. The number of rotatable bonds is 6. The van der Waals surface area contributed by atoms with Crippen LogP contribution in [0, 0.1) is 13.8 Å². The molecule has 0 aliphatic carbocycles. The van der Waals surface area contributed by atoms with Gasteiger partial charge in [-0.15, -0.1) is 0 Å². The second kappa shape index (κ2) is 8.61. The van der Waals surface area contributed by atoms with Crippen molar-refractivity contribution in [2.45, 2.75) is 27.4 Å². The minimum Gasteiger partial charge on any atom is -0.489 e. The molecule has 5 nitrogen and oxygen atoms in total. The van der Waals surface area contributed by atoms with Gasteiger partial charge in [0.1, 0.15) is 12.4 Å². The van der Waals surface area contributed by atoms with Crippen LogP contribution in [0.15, 0.2) is 60.7 Å². The van der Waals surface area contributed by atoms with Crippen molar-refractivity contribution in [1.29, 1.82) is 0 Å². The molecule has 2 N–H and O–H groups in total. The van der Waals surface area contributed by atoms with Gasteiger partial charge in [-0.05, 0) is 66.4 Å². The van der Waals surface area contributed by atoms with Crippen molar-refractivity contribution in [3.8, 4) is 16.9 Å². The van der Waals surface area contributed by atoms with Crippen LogP contribution in [-0.2, 0) is 11.4 Å². The number of aromatic carboxylic acids is 1. The highest BCUT2D eigenvalue weighted by Crippen LogP contribution is 2.36. The Labute approximate surface area is 170 Å². The zero-order valence-corrected chi connectivity index (χ0v) is 16.7. The summed E-state index contributed by atoms with van der Waals surface area (Å²) in [6.45, 7) is 5.78. The maximum absolute atomic E-state index is 11.6. The molecule has 0 saturated heterocycles. The Morgan fingerprint density at radius 2 is 1.62 bits per heavy atom. The monoisotopic (exact) mass is 389 g/mol. The average molecular weight is 389 g/mol. The predicted molar refractivity (Wildman–Crippen MR) is 113 cm³/mol. The van der Waals surface area contributed by atoms with Crippen molar-refractivity contribution in [3.05, 3.63) is 82.9 Å². The lowest BCUT2D eigenvalue weighted by Crippen LogP contribution is -2.09. The molecule has 3 aromatic carbocycles. The molecule has 0 unspecified atom stereocenters. The van der Waals surface area contributed by atoms with Crippen LogP contribution in [-0.4, -0.2) is 17.0 Å². The number of carbonyl (C=O) groups excluding carboxylic acids is 1. The van der Waals surface area contributed by atoms with E-state index >= 15 is 0 Å². The standard InChI is InChI=1S/C24H23NO4/c1-15-11-20(29-14-18-7-5-4-6-8-18)12-16(2)23(15)21-13-19(24(27)28)9-10-22(21)25-17(3)26/h4-13H,14H2,1-3H3,(H,25,26)(H,27,28). The minimum atomic E-state index is -1.02. The van der Waals surface area contributed by atoms with E-state index in [-0.39, 0.29) is 11.5 Å². The first-order valence-corrected chi connectivity index (χ1v) is 9.28. The molecule has 0 fully saturated rings. The maximum atomic E-state index is 11.6. The molecule has 3 aromatic rings. The third kappa shape index (κ3) is 4.82. The molecule has 0 aromatic heterocycles. The minimum absolute atomic E-state index is 0.164. The van der Waals surface area contributed by atoms with Crippen LogP contribution in [0.3, 0.4) is 0 Å². The molecule has 0 atom stereocenters. The molecular formula is C24H23NO4. The normalized spacial score (nSPS) is 10.4. The number of amides is 1. The first kappa shape index (κ1) is 20.1. The van der Waals surface area contributed by atoms with Crippen LogP contribution in [0.1, 0.15) is 34.0 Å². The number of hydrogen-bond acceptors (Lipinski definition) is 3. The van der Waals surface area contributed by atoms with E-state index in [4.69, 9.17) is 4.74 Å². The van der Waals surface area contributed by atoms with Crippen molar-refractivity contribution in [1.82, 2.24) is 0 Å². The molecule has 0 saturated carbocycles. The van der Waals surface area contributed by atoms with Crippen LogP contribution in [0.2, 0.25) is 0 Å². The molecule has 0 aliphatic heterocycles. The van der Waals surface area contributed by atoms with Gasteiger partial charge in [0.05, 0.1) is 5.56 Å². The van der Waals surface area contributed by atoms with Crippen LogP contribution in [0.4, 0.5) is 5.69 Å². The summed E-state index contributed by atoms with van der Waals surface area (Å²) in [5.41, 5.74) is 5.23. The lowest BCUT2D eigenvalue weighted by Gasteiger charge is -2.17. The first-order chi connectivity index (χ1) is 13.8. The van der Waals surface area contributed by atoms with E-state index in [1.54, 1.807) is 12.1 Å². The fourth-order valence-electron chi connectivity index (χ4n) is 3.36. The van der Waals surface area contributed by atoms with Gasteiger partial charge in [-0.1, -0.05) is 30.3 Å². The zero-order chi connectivity index (χ0) is 21.0. The summed E-state index contributed by atoms with van der Waals surface area (Å²) < 4.78 is 5.94. The Morgan fingerprint density at radius 1 is 0.966 bits per heavy atom. The molecule has 0 heterocycles. The van der Waals surface area contributed by atoms with Crippen LogP contribution >= 0.6 is 0 Å². The smallest absolute Gasteiger partial charge is 0.335 e. The zero-order valence-electron chi connectivity index (χ0n) is 16.7. The second-order valence-corrected chi connectivity index (χ2v) is 6.95. The molecule has 0 bridgehead atoms. The van der Waals surface area contributed by atoms with Crippen molar-refractivity contribution in [3.63, 3.8) is 0 Å². The van der Waals surface area contributed by atoms with E-state index in [0.29, 0.717) is 17.9 Å². The average Bonchev–Trinajstić information content (AvgIpc) is 2.67.